The largest absolute Gasteiger partial charge is 0.480 e. The van der Waals surface area contributed by atoms with Gasteiger partial charge < -0.3 is 9.84 Å². The van der Waals surface area contributed by atoms with Gasteiger partial charge in [0, 0.05) is 13.2 Å². The zero-order chi connectivity index (χ0) is 11.8. The van der Waals surface area contributed by atoms with E-state index < -0.39 is 5.97 Å². The quantitative estimate of drug-likeness (QED) is 0.639. The van der Waals surface area contributed by atoms with Crippen molar-refractivity contribution in [3.8, 4) is 0 Å². The third kappa shape index (κ3) is 5.28. The van der Waals surface area contributed by atoms with E-state index in [-0.39, 0.29) is 6.54 Å². The molecule has 1 aliphatic rings. The van der Waals surface area contributed by atoms with Gasteiger partial charge in [-0.25, -0.2) is 0 Å². The number of carboxylic acid groups (broad SMARTS) is 1. The molecule has 1 unspecified atom stereocenters. The van der Waals surface area contributed by atoms with Crippen molar-refractivity contribution in [1.29, 1.82) is 0 Å². The van der Waals surface area contributed by atoms with E-state index in [0.29, 0.717) is 12.6 Å². The number of hydrogen-bond acceptors (Lipinski definition) is 3. The van der Waals surface area contributed by atoms with Crippen LogP contribution in [0.3, 0.4) is 0 Å². The summed E-state index contributed by atoms with van der Waals surface area (Å²) in [6, 6.07) is 0. The molecule has 0 aromatic carbocycles. The normalized spacial score (nSPS) is 20.2. The van der Waals surface area contributed by atoms with Gasteiger partial charge in [-0.2, -0.15) is 0 Å². The first-order valence-corrected chi connectivity index (χ1v) is 5.89. The first kappa shape index (κ1) is 13.2. The van der Waals surface area contributed by atoms with Crippen LogP contribution in [0.1, 0.15) is 25.7 Å². The maximum absolute atomic E-state index is 10.6. The van der Waals surface area contributed by atoms with Gasteiger partial charge >= 0.3 is 5.97 Å². The van der Waals surface area contributed by atoms with E-state index >= 15 is 0 Å². The Hall–Kier alpha value is -0.870. The van der Waals surface area contributed by atoms with Crippen molar-refractivity contribution >= 4 is 5.97 Å². The van der Waals surface area contributed by atoms with Crippen molar-refractivity contribution in [2.75, 3.05) is 26.2 Å². The third-order valence-electron chi connectivity index (χ3n) is 2.77. The Morgan fingerprint density at radius 2 is 2.44 bits per heavy atom. The van der Waals surface area contributed by atoms with E-state index in [9.17, 15) is 4.79 Å². The van der Waals surface area contributed by atoms with Gasteiger partial charge in [0.05, 0.1) is 12.6 Å². The Labute approximate surface area is 96.9 Å². The van der Waals surface area contributed by atoms with E-state index in [1.807, 2.05) is 4.90 Å². The fourth-order valence-electron chi connectivity index (χ4n) is 2.02. The molecule has 4 heteroatoms. The molecule has 1 rings (SSSR count). The molecule has 0 amide bonds. The predicted octanol–water partition coefficient (Wildman–Crippen LogP) is 1.52. The van der Waals surface area contributed by atoms with Crippen LogP contribution in [0, 0.1) is 0 Å². The van der Waals surface area contributed by atoms with Gasteiger partial charge in [-0.3, -0.25) is 9.69 Å². The molecule has 16 heavy (non-hydrogen) atoms. The zero-order valence-electron chi connectivity index (χ0n) is 9.73. The Bertz CT molecular complexity index is 224. The number of aliphatic carboxylic acids is 1. The van der Waals surface area contributed by atoms with Crippen molar-refractivity contribution in [1.82, 2.24) is 4.90 Å². The van der Waals surface area contributed by atoms with Crippen molar-refractivity contribution in [3.63, 3.8) is 0 Å². The number of carboxylic acids is 1. The van der Waals surface area contributed by atoms with Crippen molar-refractivity contribution in [3.05, 3.63) is 12.7 Å². The molecule has 1 atom stereocenters. The lowest BCUT2D eigenvalue weighted by molar-refractivity contribution is -0.138. The van der Waals surface area contributed by atoms with E-state index in [2.05, 4.69) is 6.58 Å². The second-order valence-corrected chi connectivity index (χ2v) is 4.19. The molecule has 1 aliphatic heterocycles. The van der Waals surface area contributed by atoms with Crippen LogP contribution in [0.15, 0.2) is 12.7 Å². The van der Waals surface area contributed by atoms with Crippen molar-refractivity contribution < 1.29 is 14.6 Å². The molecule has 0 aromatic heterocycles. The Balaban J connectivity index is 2.15. The molecule has 0 radical (unpaired) electrons. The minimum absolute atomic E-state index is 0.0948. The van der Waals surface area contributed by atoms with Gasteiger partial charge in [-0.1, -0.05) is 6.08 Å². The second kappa shape index (κ2) is 7.41. The molecule has 0 bridgehead atoms. The molecule has 0 aliphatic carbocycles. The molecule has 0 aromatic rings. The first-order chi connectivity index (χ1) is 7.72. The summed E-state index contributed by atoms with van der Waals surface area (Å²) in [5.41, 5.74) is 0. The molecule has 0 spiro atoms. The summed E-state index contributed by atoms with van der Waals surface area (Å²) >= 11 is 0. The molecule has 92 valence electrons. The summed E-state index contributed by atoms with van der Waals surface area (Å²) in [6.45, 7) is 6.05. The van der Waals surface area contributed by atoms with Crippen LogP contribution >= 0.6 is 0 Å². The summed E-state index contributed by atoms with van der Waals surface area (Å²) in [5, 5.41) is 8.72. The third-order valence-corrected chi connectivity index (χ3v) is 2.77. The van der Waals surface area contributed by atoms with Gasteiger partial charge in [0.1, 0.15) is 0 Å². The lowest BCUT2D eigenvalue weighted by atomic mass is 10.1. The standard InChI is InChI=1S/C12H21NO3/c1-2-7-13(10-12(14)15)8-3-5-11-6-4-9-16-11/h2,11H,1,3-10H2,(H,14,15). The average molecular weight is 227 g/mol. The van der Waals surface area contributed by atoms with Crippen molar-refractivity contribution in [2.45, 2.75) is 31.8 Å². The summed E-state index contributed by atoms with van der Waals surface area (Å²) in [4.78, 5) is 12.5. The molecule has 1 saturated heterocycles. The smallest absolute Gasteiger partial charge is 0.317 e. The van der Waals surface area contributed by atoms with Crippen LogP contribution in [-0.2, 0) is 9.53 Å². The van der Waals surface area contributed by atoms with E-state index in [1.54, 1.807) is 6.08 Å². The van der Waals surface area contributed by atoms with E-state index in [1.165, 1.54) is 0 Å². The highest BCUT2D eigenvalue weighted by atomic mass is 16.5. The van der Waals surface area contributed by atoms with Gasteiger partial charge in [0.2, 0.25) is 0 Å². The predicted molar refractivity (Wildman–Crippen MR) is 62.5 cm³/mol. The Morgan fingerprint density at radius 3 is 3.00 bits per heavy atom. The topological polar surface area (TPSA) is 49.8 Å². The Kier molecular flexibility index (Phi) is 6.11. The maximum atomic E-state index is 10.6. The monoisotopic (exact) mass is 227 g/mol. The van der Waals surface area contributed by atoms with Crippen LogP contribution in [0.2, 0.25) is 0 Å². The highest BCUT2D eigenvalue weighted by molar-refractivity contribution is 5.69. The van der Waals surface area contributed by atoms with Gasteiger partial charge in [-0.15, -0.1) is 6.58 Å². The van der Waals surface area contributed by atoms with Crippen LogP contribution in [0.5, 0.6) is 0 Å². The number of ether oxygens (including phenoxy) is 1. The van der Waals surface area contributed by atoms with Gasteiger partial charge in [0.15, 0.2) is 0 Å². The number of hydrogen-bond donors (Lipinski definition) is 1. The maximum Gasteiger partial charge on any atom is 0.317 e. The fraction of sp³-hybridized carbons (Fsp3) is 0.750. The molecule has 1 heterocycles. The summed E-state index contributed by atoms with van der Waals surface area (Å²) in [5.74, 6) is -0.779. The van der Waals surface area contributed by atoms with Gasteiger partial charge in [0.25, 0.3) is 0 Å². The minimum Gasteiger partial charge on any atom is -0.480 e. The molecular weight excluding hydrogens is 206 g/mol. The number of carbonyl (C=O) groups is 1. The molecule has 4 nitrogen and oxygen atoms in total. The lowest BCUT2D eigenvalue weighted by Crippen LogP contribution is -2.31. The van der Waals surface area contributed by atoms with Crippen LogP contribution in [0.25, 0.3) is 0 Å². The lowest BCUT2D eigenvalue weighted by Gasteiger charge is -2.19. The summed E-state index contributed by atoms with van der Waals surface area (Å²) < 4.78 is 5.52. The number of nitrogens with zero attached hydrogens (tertiary/aromatic N) is 1. The van der Waals surface area contributed by atoms with E-state index in [4.69, 9.17) is 9.84 Å². The first-order valence-electron chi connectivity index (χ1n) is 5.89. The van der Waals surface area contributed by atoms with Crippen LogP contribution < -0.4 is 0 Å². The highest BCUT2D eigenvalue weighted by Crippen LogP contribution is 2.16. The highest BCUT2D eigenvalue weighted by Gasteiger charge is 2.15. The van der Waals surface area contributed by atoms with Crippen LogP contribution in [0.4, 0.5) is 0 Å². The average Bonchev–Trinajstić information content (AvgIpc) is 2.70. The Morgan fingerprint density at radius 1 is 1.62 bits per heavy atom. The van der Waals surface area contributed by atoms with Crippen molar-refractivity contribution in [2.24, 2.45) is 0 Å². The molecule has 1 N–H and O–H groups in total. The molecule has 1 fully saturated rings. The SMILES string of the molecule is C=CCN(CCCC1CCCO1)CC(=O)O. The van der Waals surface area contributed by atoms with Gasteiger partial charge in [-0.05, 0) is 32.2 Å². The van der Waals surface area contributed by atoms with Crippen LogP contribution in [-0.4, -0.2) is 48.3 Å². The minimum atomic E-state index is -0.779. The molecular formula is C12H21NO3. The fourth-order valence-corrected chi connectivity index (χ4v) is 2.02. The summed E-state index contributed by atoms with van der Waals surface area (Å²) in [6.07, 6.45) is 6.49. The van der Waals surface area contributed by atoms with E-state index in [0.717, 1.165) is 38.8 Å². The number of rotatable bonds is 8. The molecule has 0 saturated carbocycles. The summed E-state index contributed by atoms with van der Waals surface area (Å²) in [7, 11) is 0. The second-order valence-electron chi connectivity index (χ2n) is 4.19. The zero-order valence-corrected chi connectivity index (χ0v) is 9.73.